The van der Waals surface area contributed by atoms with E-state index in [0.717, 1.165) is 22.6 Å². The largest absolute Gasteiger partial charge is 0.454 e. The van der Waals surface area contributed by atoms with E-state index in [-0.39, 0.29) is 30.8 Å². The molecule has 2 heterocycles. The van der Waals surface area contributed by atoms with E-state index in [2.05, 4.69) is 25.8 Å². The molecule has 0 bridgehead atoms. The number of hydrogen-bond acceptors (Lipinski definition) is 6. The highest BCUT2D eigenvalue weighted by Crippen LogP contribution is 2.32. The van der Waals surface area contributed by atoms with Gasteiger partial charge in [0.25, 0.3) is 0 Å². The minimum Gasteiger partial charge on any atom is -0.454 e. The van der Waals surface area contributed by atoms with E-state index in [0.29, 0.717) is 35.8 Å². The summed E-state index contributed by atoms with van der Waals surface area (Å²) < 4.78 is 16.0. The molecule has 0 fully saturated rings. The number of fused-ring (bicyclic) bond motifs is 1. The van der Waals surface area contributed by atoms with Crippen LogP contribution in [0.5, 0.6) is 11.5 Å². The van der Waals surface area contributed by atoms with Gasteiger partial charge >= 0.3 is 0 Å². The van der Waals surface area contributed by atoms with Crippen molar-refractivity contribution in [3.8, 4) is 22.9 Å². The van der Waals surface area contributed by atoms with Crippen molar-refractivity contribution in [2.45, 2.75) is 13.1 Å². The van der Waals surface area contributed by atoms with Crippen LogP contribution in [-0.4, -0.2) is 29.9 Å². The molecule has 29 heavy (non-hydrogen) atoms. The predicted molar refractivity (Wildman–Crippen MR) is 120 cm³/mol. The zero-order valence-electron chi connectivity index (χ0n) is 15.5. The van der Waals surface area contributed by atoms with Crippen molar-refractivity contribution in [3.05, 3.63) is 58.9 Å². The van der Waals surface area contributed by atoms with Gasteiger partial charge in [-0.05, 0) is 42.0 Å². The Hall–Kier alpha value is -2.53. The third kappa shape index (κ3) is 5.30. The number of rotatable bonds is 5. The molecule has 10 heteroatoms. The van der Waals surface area contributed by atoms with Gasteiger partial charge in [0.2, 0.25) is 18.5 Å². The molecule has 0 aliphatic carbocycles. The normalized spacial score (nSPS) is 12.4. The quantitative estimate of drug-likeness (QED) is 0.297. The van der Waals surface area contributed by atoms with Crippen LogP contribution in [-0.2, 0) is 13.1 Å². The van der Waals surface area contributed by atoms with Crippen LogP contribution in [0.4, 0.5) is 0 Å². The summed E-state index contributed by atoms with van der Waals surface area (Å²) in [5.74, 6) is 3.10. The number of halogens is 2. The number of aliphatic imine (C=N–C) groups is 1. The zero-order chi connectivity index (χ0) is 19.3. The Morgan fingerprint density at radius 2 is 1.83 bits per heavy atom. The van der Waals surface area contributed by atoms with Gasteiger partial charge in [-0.2, -0.15) is 4.98 Å². The van der Waals surface area contributed by atoms with Crippen LogP contribution in [0.2, 0.25) is 5.02 Å². The SMILES string of the molecule is CN=C(NCc1ccc2c(c1)OCO2)NCc1nc(-c2ccc(Cl)cc2)no1.I. The molecule has 1 aliphatic rings. The van der Waals surface area contributed by atoms with Crippen molar-refractivity contribution < 1.29 is 14.0 Å². The molecule has 4 rings (SSSR count). The number of ether oxygens (including phenoxy) is 2. The molecule has 0 atom stereocenters. The van der Waals surface area contributed by atoms with Crippen molar-refractivity contribution in [2.75, 3.05) is 13.8 Å². The lowest BCUT2D eigenvalue weighted by Crippen LogP contribution is -2.36. The molecular weight excluding hydrogens is 509 g/mol. The minimum absolute atomic E-state index is 0. The highest BCUT2D eigenvalue weighted by molar-refractivity contribution is 14.0. The number of nitrogens with zero attached hydrogens (tertiary/aromatic N) is 3. The first-order valence-corrected chi connectivity index (χ1v) is 9.00. The summed E-state index contributed by atoms with van der Waals surface area (Å²) in [4.78, 5) is 8.58. The maximum absolute atomic E-state index is 5.90. The summed E-state index contributed by atoms with van der Waals surface area (Å²) in [7, 11) is 1.70. The summed E-state index contributed by atoms with van der Waals surface area (Å²) in [6.07, 6.45) is 0. The van der Waals surface area contributed by atoms with Crippen LogP contribution in [0.3, 0.4) is 0 Å². The van der Waals surface area contributed by atoms with E-state index in [1.54, 1.807) is 19.2 Å². The fourth-order valence-electron chi connectivity index (χ4n) is 2.66. The van der Waals surface area contributed by atoms with E-state index in [1.165, 1.54) is 0 Å². The summed E-state index contributed by atoms with van der Waals surface area (Å²) in [5, 5.41) is 11.0. The number of nitrogens with one attached hydrogen (secondary N) is 2. The topological polar surface area (TPSA) is 93.8 Å². The van der Waals surface area contributed by atoms with E-state index >= 15 is 0 Å². The van der Waals surface area contributed by atoms with Crippen LogP contribution < -0.4 is 20.1 Å². The van der Waals surface area contributed by atoms with Gasteiger partial charge < -0.3 is 24.6 Å². The molecule has 1 aromatic heterocycles. The first kappa shape index (κ1) is 21.2. The maximum atomic E-state index is 5.90. The third-order valence-corrected chi connectivity index (χ3v) is 4.35. The first-order valence-electron chi connectivity index (χ1n) is 8.63. The molecule has 2 N–H and O–H groups in total. The van der Waals surface area contributed by atoms with Crippen molar-refractivity contribution in [1.82, 2.24) is 20.8 Å². The third-order valence-electron chi connectivity index (χ3n) is 4.10. The Bertz CT molecular complexity index is 994. The number of aromatic nitrogens is 2. The van der Waals surface area contributed by atoms with Gasteiger partial charge in [-0.3, -0.25) is 4.99 Å². The molecule has 2 aromatic carbocycles. The first-order chi connectivity index (χ1) is 13.7. The Kier molecular flexibility index (Phi) is 7.15. The monoisotopic (exact) mass is 527 g/mol. The highest BCUT2D eigenvalue weighted by Gasteiger charge is 2.13. The minimum atomic E-state index is 0. The van der Waals surface area contributed by atoms with Crippen LogP contribution in [0.1, 0.15) is 11.5 Å². The molecule has 3 aromatic rings. The lowest BCUT2D eigenvalue weighted by atomic mass is 10.2. The second kappa shape index (κ2) is 9.79. The summed E-state index contributed by atoms with van der Waals surface area (Å²) in [6.45, 7) is 1.19. The van der Waals surface area contributed by atoms with Gasteiger partial charge in [-0.15, -0.1) is 24.0 Å². The molecule has 0 spiro atoms. The Morgan fingerprint density at radius 3 is 2.62 bits per heavy atom. The lowest BCUT2D eigenvalue weighted by molar-refractivity contribution is 0.174. The lowest BCUT2D eigenvalue weighted by Gasteiger charge is -2.10. The Balaban J connectivity index is 0.00000240. The second-order valence-electron chi connectivity index (χ2n) is 5.99. The molecule has 0 unspecified atom stereocenters. The van der Waals surface area contributed by atoms with E-state index in [1.807, 2.05) is 30.3 Å². The van der Waals surface area contributed by atoms with Crippen LogP contribution >= 0.6 is 35.6 Å². The van der Waals surface area contributed by atoms with Crippen LogP contribution in [0.15, 0.2) is 52.0 Å². The fraction of sp³-hybridized carbons (Fsp3) is 0.211. The van der Waals surface area contributed by atoms with Crippen LogP contribution in [0.25, 0.3) is 11.4 Å². The summed E-state index contributed by atoms with van der Waals surface area (Å²) in [6, 6.07) is 13.1. The predicted octanol–water partition coefficient (Wildman–Crippen LogP) is 3.60. The van der Waals surface area contributed by atoms with Crippen molar-refractivity contribution >= 4 is 41.5 Å². The summed E-state index contributed by atoms with van der Waals surface area (Å²) >= 11 is 5.90. The van der Waals surface area contributed by atoms with E-state index in [9.17, 15) is 0 Å². The average molecular weight is 528 g/mol. The second-order valence-corrected chi connectivity index (χ2v) is 6.42. The van der Waals surface area contributed by atoms with Gasteiger partial charge in [0.1, 0.15) is 0 Å². The molecule has 152 valence electrons. The van der Waals surface area contributed by atoms with Gasteiger partial charge in [0.15, 0.2) is 17.5 Å². The summed E-state index contributed by atoms with van der Waals surface area (Å²) in [5.41, 5.74) is 1.89. The Morgan fingerprint density at radius 1 is 1.07 bits per heavy atom. The fourth-order valence-corrected chi connectivity index (χ4v) is 2.79. The van der Waals surface area contributed by atoms with Gasteiger partial charge in [-0.1, -0.05) is 22.8 Å². The van der Waals surface area contributed by atoms with Crippen molar-refractivity contribution in [1.29, 1.82) is 0 Å². The number of benzene rings is 2. The van der Waals surface area contributed by atoms with E-state index in [4.69, 9.17) is 25.6 Å². The van der Waals surface area contributed by atoms with Crippen LogP contribution in [0, 0.1) is 0 Å². The average Bonchev–Trinajstić information content (AvgIpc) is 3.37. The molecular formula is C19H19ClIN5O3. The maximum Gasteiger partial charge on any atom is 0.246 e. The van der Waals surface area contributed by atoms with Gasteiger partial charge in [0.05, 0.1) is 6.54 Å². The van der Waals surface area contributed by atoms with Gasteiger partial charge in [-0.25, -0.2) is 0 Å². The van der Waals surface area contributed by atoms with Crippen molar-refractivity contribution in [2.24, 2.45) is 4.99 Å². The molecule has 1 aliphatic heterocycles. The van der Waals surface area contributed by atoms with E-state index < -0.39 is 0 Å². The van der Waals surface area contributed by atoms with Crippen molar-refractivity contribution in [3.63, 3.8) is 0 Å². The van der Waals surface area contributed by atoms with Gasteiger partial charge in [0, 0.05) is 24.2 Å². The molecule has 0 radical (unpaired) electrons. The zero-order valence-corrected chi connectivity index (χ0v) is 18.6. The number of hydrogen-bond donors (Lipinski definition) is 2. The molecule has 8 nitrogen and oxygen atoms in total. The number of guanidine groups is 1. The molecule has 0 saturated heterocycles. The highest BCUT2D eigenvalue weighted by atomic mass is 127. The standard InChI is InChI=1S/C19H18ClN5O3.HI/c1-21-19(22-9-12-2-7-15-16(8-12)27-11-26-15)23-10-17-24-18(25-28-17)13-3-5-14(20)6-4-13;/h2-8H,9-11H2,1H3,(H2,21,22,23);1H. The molecule has 0 saturated carbocycles. The smallest absolute Gasteiger partial charge is 0.246 e. The molecule has 0 amide bonds. The Labute approximate surface area is 189 Å².